The molecule has 0 amide bonds. The van der Waals surface area contributed by atoms with Crippen LogP contribution in [0.15, 0.2) is 12.4 Å². The third-order valence-corrected chi connectivity index (χ3v) is 4.65. The van der Waals surface area contributed by atoms with E-state index in [1.54, 1.807) is 0 Å². The molecule has 1 fully saturated rings. The number of nitrogens with one attached hydrogen (secondary N) is 1. The molecule has 2 heterocycles. The van der Waals surface area contributed by atoms with E-state index in [2.05, 4.69) is 49.2 Å². The van der Waals surface area contributed by atoms with Crippen molar-refractivity contribution in [2.45, 2.75) is 65.2 Å². The molecule has 0 spiro atoms. The summed E-state index contributed by atoms with van der Waals surface area (Å²) >= 11 is 0. The number of hydrogen-bond acceptors (Lipinski definition) is 3. The van der Waals surface area contributed by atoms with Gasteiger partial charge in [0.15, 0.2) is 0 Å². The molecule has 1 atom stereocenters. The second-order valence-electron chi connectivity index (χ2n) is 5.83. The molecule has 2 rings (SSSR count). The predicted octanol–water partition coefficient (Wildman–Crippen LogP) is 2.26. The second-order valence-corrected chi connectivity index (χ2v) is 5.83. The number of piperazine rings is 1. The normalized spacial score (nSPS) is 23.7. The van der Waals surface area contributed by atoms with Gasteiger partial charge in [0, 0.05) is 49.5 Å². The van der Waals surface area contributed by atoms with Gasteiger partial charge < -0.3 is 5.32 Å². The van der Waals surface area contributed by atoms with Crippen molar-refractivity contribution in [1.29, 1.82) is 0 Å². The van der Waals surface area contributed by atoms with Crippen molar-refractivity contribution in [3.05, 3.63) is 18.0 Å². The zero-order chi connectivity index (χ0) is 13.9. The Morgan fingerprint density at radius 2 is 2.11 bits per heavy atom. The Bertz CT molecular complexity index is 395. The van der Waals surface area contributed by atoms with E-state index in [4.69, 9.17) is 0 Å². The fourth-order valence-electron chi connectivity index (χ4n) is 2.92. The molecule has 0 saturated carbocycles. The summed E-state index contributed by atoms with van der Waals surface area (Å²) < 4.78 is 2.01. The van der Waals surface area contributed by atoms with E-state index in [0.717, 1.165) is 26.2 Å². The number of aromatic nitrogens is 2. The Hall–Kier alpha value is -0.870. The minimum absolute atomic E-state index is 0.299. The Labute approximate surface area is 117 Å². The molecule has 4 nitrogen and oxygen atoms in total. The SMILES string of the molecule is CCn1cc(CN2CC(CC)(CC)NCC2C)cn1. The summed E-state index contributed by atoms with van der Waals surface area (Å²) in [5.41, 5.74) is 1.63. The summed E-state index contributed by atoms with van der Waals surface area (Å²) in [6.07, 6.45) is 6.58. The van der Waals surface area contributed by atoms with Crippen molar-refractivity contribution >= 4 is 0 Å². The Morgan fingerprint density at radius 1 is 1.37 bits per heavy atom. The van der Waals surface area contributed by atoms with Gasteiger partial charge in [-0.05, 0) is 26.7 Å². The first-order valence-corrected chi connectivity index (χ1v) is 7.63. The van der Waals surface area contributed by atoms with Crippen molar-refractivity contribution in [3.8, 4) is 0 Å². The highest BCUT2D eigenvalue weighted by Gasteiger charge is 2.34. The Kier molecular flexibility index (Phi) is 4.63. The van der Waals surface area contributed by atoms with Gasteiger partial charge in [-0.1, -0.05) is 13.8 Å². The maximum atomic E-state index is 4.38. The minimum Gasteiger partial charge on any atom is -0.308 e. The van der Waals surface area contributed by atoms with Crippen LogP contribution in [0.25, 0.3) is 0 Å². The molecule has 1 aromatic rings. The van der Waals surface area contributed by atoms with Crippen molar-refractivity contribution in [1.82, 2.24) is 20.0 Å². The number of hydrogen-bond donors (Lipinski definition) is 1. The third kappa shape index (κ3) is 3.18. The molecular formula is C15H28N4. The first kappa shape index (κ1) is 14.5. The molecule has 1 unspecified atom stereocenters. The van der Waals surface area contributed by atoms with Crippen LogP contribution >= 0.6 is 0 Å². The number of nitrogens with zero attached hydrogens (tertiary/aromatic N) is 3. The zero-order valence-corrected chi connectivity index (χ0v) is 12.8. The van der Waals surface area contributed by atoms with Crippen molar-refractivity contribution in [2.75, 3.05) is 13.1 Å². The lowest BCUT2D eigenvalue weighted by Crippen LogP contribution is -2.62. The van der Waals surface area contributed by atoms with Crippen LogP contribution in [-0.4, -0.2) is 39.4 Å². The average Bonchev–Trinajstić information content (AvgIpc) is 2.89. The maximum absolute atomic E-state index is 4.38. The van der Waals surface area contributed by atoms with E-state index in [-0.39, 0.29) is 0 Å². The van der Waals surface area contributed by atoms with Crippen LogP contribution in [0.4, 0.5) is 0 Å². The standard InChI is InChI=1S/C15H28N4/c1-5-15(6-2)12-18(13(4)8-16-15)10-14-9-17-19(7-3)11-14/h9,11,13,16H,5-8,10,12H2,1-4H3. The van der Waals surface area contributed by atoms with Crippen LogP contribution in [0.2, 0.25) is 0 Å². The van der Waals surface area contributed by atoms with Crippen molar-refractivity contribution in [2.24, 2.45) is 0 Å². The first-order chi connectivity index (χ1) is 9.12. The molecule has 4 heteroatoms. The molecule has 1 N–H and O–H groups in total. The molecule has 1 aliphatic rings. The zero-order valence-electron chi connectivity index (χ0n) is 12.8. The predicted molar refractivity (Wildman–Crippen MR) is 79.1 cm³/mol. The van der Waals surface area contributed by atoms with E-state index in [1.807, 2.05) is 10.9 Å². The second kappa shape index (κ2) is 6.06. The van der Waals surface area contributed by atoms with Gasteiger partial charge in [0.05, 0.1) is 6.20 Å². The molecule has 1 aliphatic heterocycles. The lowest BCUT2D eigenvalue weighted by molar-refractivity contribution is 0.0746. The lowest BCUT2D eigenvalue weighted by atomic mass is 9.88. The summed E-state index contributed by atoms with van der Waals surface area (Å²) in [4.78, 5) is 2.60. The van der Waals surface area contributed by atoms with Crippen LogP contribution in [0, 0.1) is 0 Å². The van der Waals surface area contributed by atoms with Crippen molar-refractivity contribution in [3.63, 3.8) is 0 Å². The number of rotatable bonds is 5. The van der Waals surface area contributed by atoms with Crippen LogP contribution in [0.5, 0.6) is 0 Å². The van der Waals surface area contributed by atoms with Gasteiger partial charge in [-0.15, -0.1) is 0 Å². The molecule has 0 aliphatic carbocycles. The average molecular weight is 264 g/mol. The van der Waals surface area contributed by atoms with Crippen LogP contribution in [0.3, 0.4) is 0 Å². The molecule has 1 aromatic heterocycles. The van der Waals surface area contributed by atoms with Gasteiger partial charge in [0.2, 0.25) is 0 Å². The van der Waals surface area contributed by atoms with Crippen molar-refractivity contribution < 1.29 is 0 Å². The highest BCUT2D eigenvalue weighted by atomic mass is 15.3. The number of aryl methyl sites for hydroxylation is 1. The largest absolute Gasteiger partial charge is 0.308 e. The highest BCUT2D eigenvalue weighted by Crippen LogP contribution is 2.23. The van der Waals surface area contributed by atoms with Gasteiger partial charge in [-0.3, -0.25) is 9.58 Å². The topological polar surface area (TPSA) is 33.1 Å². The molecule has 0 aromatic carbocycles. The third-order valence-electron chi connectivity index (χ3n) is 4.65. The fourth-order valence-corrected chi connectivity index (χ4v) is 2.92. The fraction of sp³-hybridized carbons (Fsp3) is 0.800. The smallest absolute Gasteiger partial charge is 0.0534 e. The van der Waals surface area contributed by atoms with Gasteiger partial charge in [-0.25, -0.2) is 0 Å². The first-order valence-electron chi connectivity index (χ1n) is 7.63. The molecule has 19 heavy (non-hydrogen) atoms. The van der Waals surface area contributed by atoms with E-state index in [1.165, 1.54) is 18.4 Å². The Balaban J connectivity index is 2.04. The van der Waals surface area contributed by atoms with E-state index in [0.29, 0.717) is 11.6 Å². The van der Waals surface area contributed by atoms with Crippen LogP contribution in [0.1, 0.15) is 46.1 Å². The minimum atomic E-state index is 0.299. The van der Waals surface area contributed by atoms with Gasteiger partial charge in [0.25, 0.3) is 0 Å². The monoisotopic (exact) mass is 264 g/mol. The van der Waals surface area contributed by atoms with E-state index < -0.39 is 0 Å². The van der Waals surface area contributed by atoms with Gasteiger partial charge in [-0.2, -0.15) is 5.10 Å². The summed E-state index contributed by atoms with van der Waals surface area (Å²) in [5, 5.41) is 8.13. The summed E-state index contributed by atoms with van der Waals surface area (Å²) in [7, 11) is 0. The van der Waals surface area contributed by atoms with Gasteiger partial charge in [0.1, 0.15) is 0 Å². The summed E-state index contributed by atoms with van der Waals surface area (Å²) in [5.74, 6) is 0. The summed E-state index contributed by atoms with van der Waals surface area (Å²) in [6.45, 7) is 13.2. The van der Waals surface area contributed by atoms with Crippen LogP contribution < -0.4 is 5.32 Å². The highest BCUT2D eigenvalue weighted by molar-refractivity contribution is 5.06. The maximum Gasteiger partial charge on any atom is 0.0534 e. The van der Waals surface area contributed by atoms with Crippen LogP contribution in [-0.2, 0) is 13.1 Å². The van der Waals surface area contributed by atoms with Gasteiger partial charge >= 0.3 is 0 Å². The molecule has 1 saturated heterocycles. The Morgan fingerprint density at radius 3 is 2.68 bits per heavy atom. The van der Waals surface area contributed by atoms with E-state index in [9.17, 15) is 0 Å². The summed E-state index contributed by atoms with van der Waals surface area (Å²) in [6, 6.07) is 0.594. The lowest BCUT2D eigenvalue weighted by Gasteiger charge is -2.46. The quantitative estimate of drug-likeness (QED) is 0.885. The van der Waals surface area contributed by atoms with E-state index >= 15 is 0 Å². The molecule has 0 radical (unpaired) electrons. The molecule has 108 valence electrons. The molecule has 0 bridgehead atoms. The molecular weight excluding hydrogens is 236 g/mol.